The Bertz CT molecular complexity index is 806. The summed E-state index contributed by atoms with van der Waals surface area (Å²) >= 11 is 0. The van der Waals surface area contributed by atoms with Crippen molar-refractivity contribution in [3.05, 3.63) is 42.0 Å². The maximum absolute atomic E-state index is 13.0. The molecule has 6 nitrogen and oxygen atoms in total. The van der Waals surface area contributed by atoms with Crippen LogP contribution in [0.4, 0.5) is 16.2 Å². The quantitative estimate of drug-likeness (QED) is 0.891. The first kappa shape index (κ1) is 17.9. The second kappa shape index (κ2) is 7.56. The van der Waals surface area contributed by atoms with Gasteiger partial charge in [-0.2, -0.15) is 0 Å². The fourth-order valence-electron chi connectivity index (χ4n) is 2.95. The average Bonchev–Trinajstić information content (AvgIpc) is 2.67. The van der Waals surface area contributed by atoms with Gasteiger partial charge < -0.3 is 19.5 Å². The molecule has 6 heteroatoms. The van der Waals surface area contributed by atoms with Gasteiger partial charge in [0.2, 0.25) is 0 Å². The molecule has 0 saturated carbocycles. The van der Waals surface area contributed by atoms with Gasteiger partial charge in [-0.15, -0.1) is 0 Å². The zero-order valence-electron chi connectivity index (χ0n) is 15.5. The van der Waals surface area contributed by atoms with Gasteiger partial charge in [-0.3, -0.25) is 4.90 Å². The number of hydrogen-bond acceptors (Lipinski definition) is 4. The first-order chi connectivity index (χ1) is 12.5. The van der Waals surface area contributed by atoms with E-state index in [0.29, 0.717) is 23.7 Å². The van der Waals surface area contributed by atoms with E-state index in [1.807, 2.05) is 32.0 Å². The third kappa shape index (κ3) is 3.54. The molecular weight excluding hydrogens is 332 g/mol. The Kier molecular flexibility index (Phi) is 5.21. The molecule has 1 aliphatic heterocycles. The second-order valence-electron chi connectivity index (χ2n) is 6.23. The van der Waals surface area contributed by atoms with Crippen molar-refractivity contribution in [2.24, 2.45) is 0 Å². The molecule has 2 aromatic rings. The summed E-state index contributed by atoms with van der Waals surface area (Å²) in [5.74, 6) is 1.94. The molecule has 2 amide bonds. The van der Waals surface area contributed by atoms with E-state index < -0.39 is 0 Å². The van der Waals surface area contributed by atoms with E-state index in [2.05, 4.69) is 5.32 Å². The summed E-state index contributed by atoms with van der Waals surface area (Å²) in [5, 5.41) is 2.94. The highest BCUT2D eigenvalue weighted by molar-refractivity contribution is 6.04. The lowest BCUT2D eigenvalue weighted by Gasteiger charge is -2.34. The maximum Gasteiger partial charge on any atom is 0.326 e. The van der Waals surface area contributed by atoms with Gasteiger partial charge in [0.25, 0.3) is 0 Å². The number of fused-ring (bicyclic) bond motifs is 1. The predicted molar refractivity (Wildman–Crippen MR) is 102 cm³/mol. The summed E-state index contributed by atoms with van der Waals surface area (Å²) in [6, 6.07) is 10.9. The third-order valence-corrected chi connectivity index (χ3v) is 4.44. The zero-order chi connectivity index (χ0) is 18.7. The van der Waals surface area contributed by atoms with Crippen LogP contribution in [0.25, 0.3) is 0 Å². The minimum Gasteiger partial charge on any atom is -0.497 e. The molecule has 138 valence electrons. The standard InChI is InChI=1S/C20H24N2O4/c1-5-14-12-22(17-10-13(2)6-9-18(17)26-14)20(23)21-16-8-7-15(24-3)11-19(16)25-4/h6-11,14H,5,12H2,1-4H3,(H,21,23)/t14-/m1/s1. The average molecular weight is 356 g/mol. The molecule has 0 radical (unpaired) electrons. The van der Waals surface area contributed by atoms with Gasteiger partial charge in [0.05, 0.1) is 32.1 Å². The predicted octanol–water partition coefficient (Wildman–Crippen LogP) is 4.22. The normalized spacial score (nSPS) is 15.7. The smallest absolute Gasteiger partial charge is 0.326 e. The highest BCUT2D eigenvalue weighted by atomic mass is 16.5. The lowest BCUT2D eigenvalue weighted by molar-refractivity contribution is 0.188. The number of amides is 2. The Morgan fingerprint density at radius 3 is 2.73 bits per heavy atom. The third-order valence-electron chi connectivity index (χ3n) is 4.44. The highest BCUT2D eigenvalue weighted by Crippen LogP contribution is 2.36. The van der Waals surface area contributed by atoms with Crippen molar-refractivity contribution in [3.8, 4) is 17.2 Å². The SMILES string of the molecule is CC[C@@H]1CN(C(=O)Nc2ccc(OC)cc2OC)c2cc(C)ccc2O1. The van der Waals surface area contributed by atoms with Crippen LogP contribution in [-0.4, -0.2) is 32.9 Å². The number of anilines is 2. The van der Waals surface area contributed by atoms with Crippen LogP contribution in [0.3, 0.4) is 0 Å². The van der Waals surface area contributed by atoms with Crippen LogP contribution in [0, 0.1) is 6.92 Å². The van der Waals surface area contributed by atoms with E-state index in [1.165, 1.54) is 0 Å². The van der Waals surface area contributed by atoms with Crippen LogP contribution in [0.2, 0.25) is 0 Å². The van der Waals surface area contributed by atoms with Gasteiger partial charge in [-0.1, -0.05) is 13.0 Å². The molecule has 0 spiro atoms. The van der Waals surface area contributed by atoms with E-state index >= 15 is 0 Å². The fourth-order valence-corrected chi connectivity index (χ4v) is 2.95. The minimum atomic E-state index is -0.220. The van der Waals surface area contributed by atoms with Crippen LogP contribution >= 0.6 is 0 Å². The van der Waals surface area contributed by atoms with Gasteiger partial charge in [-0.25, -0.2) is 4.79 Å². The summed E-state index contributed by atoms with van der Waals surface area (Å²) in [6.07, 6.45) is 0.789. The second-order valence-corrected chi connectivity index (χ2v) is 6.23. The van der Waals surface area contributed by atoms with Crippen molar-refractivity contribution in [1.82, 2.24) is 0 Å². The Morgan fingerprint density at radius 1 is 1.23 bits per heavy atom. The molecular formula is C20H24N2O4. The maximum atomic E-state index is 13.0. The minimum absolute atomic E-state index is 0.0336. The van der Waals surface area contributed by atoms with Crippen molar-refractivity contribution in [3.63, 3.8) is 0 Å². The summed E-state index contributed by atoms with van der Waals surface area (Å²) in [6.45, 7) is 4.54. The number of rotatable bonds is 4. The number of urea groups is 1. The molecule has 0 aliphatic carbocycles. The first-order valence-electron chi connectivity index (χ1n) is 8.63. The highest BCUT2D eigenvalue weighted by Gasteiger charge is 2.29. The number of hydrogen-bond donors (Lipinski definition) is 1. The number of benzene rings is 2. The number of ether oxygens (including phenoxy) is 3. The molecule has 0 unspecified atom stereocenters. The molecule has 1 aliphatic rings. The van der Waals surface area contributed by atoms with Crippen molar-refractivity contribution >= 4 is 17.4 Å². The van der Waals surface area contributed by atoms with Gasteiger partial charge in [0, 0.05) is 6.07 Å². The zero-order valence-corrected chi connectivity index (χ0v) is 15.5. The van der Waals surface area contributed by atoms with E-state index in [4.69, 9.17) is 14.2 Å². The van der Waals surface area contributed by atoms with Crippen LogP contribution in [0.15, 0.2) is 36.4 Å². The number of methoxy groups -OCH3 is 2. The molecule has 0 bridgehead atoms. The largest absolute Gasteiger partial charge is 0.497 e. The Labute approximate surface area is 153 Å². The Morgan fingerprint density at radius 2 is 2.04 bits per heavy atom. The monoisotopic (exact) mass is 356 g/mol. The summed E-state index contributed by atoms with van der Waals surface area (Å²) in [4.78, 5) is 14.7. The first-order valence-corrected chi connectivity index (χ1v) is 8.63. The topological polar surface area (TPSA) is 60.0 Å². The number of carbonyl (C=O) groups excluding carboxylic acids is 1. The molecule has 26 heavy (non-hydrogen) atoms. The number of nitrogens with one attached hydrogen (secondary N) is 1. The molecule has 1 heterocycles. The molecule has 0 aromatic heterocycles. The summed E-state index contributed by atoms with van der Waals surface area (Å²) < 4.78 is 16.5. The molecule has 0 fully saturated rings. The van der Waals surface area contributed by atoms with E-state index in [-0.39, 0.29) is 12.1 Å². The molecule has 1 N–H and O–H groups in total. The van der Waals surface area contributed by atoms with Crippen LogP contribution in [0.1, 0.15) is 18.9 Å². The van der Waals surface area contributed by atoms with Crippen LogP contribution in [0.5, 0.6) is 17.2 Å². The van der Waals surface area contributed by atoms with Gasteiger partial charge >= 0.3 is 6.03 Å². The lowest BCUT2D eigenvalue weighted by Crippen LogP contribution is -2.45. The van der Waals surface area contributed by atoms with E-state index in [1.54, 1.807) is 37.3 Å². The number of aryl methyl sites for hydroxylation is 1. The molecule has 3 rings (SSSR count). The Balaban J connectivity index is 1.89. The van der Waals surface area contributed by atoms with E-state index in [9.17, 15) is 4.79 Å². The van der Waals surface area contributed by atoms with Crippen LogP contribution < -0.4 is 24.4 Å². The fraction of sp³-hybridized carbons (Fsp3) is 0.350. The molecule has 2 aromatic carbocycles. The van der Waals surface area contributed by atoms with Crippen molar-refractivity contribution in [2.75, 3.05) is 31.0 Å². The number of carbonyl (C=O) groups is 1. The van der Waals surface area contributed by atoms with Crippen molar-refractivity contribution in [1.29, 1.82) is 0 Å². The summed E-state index contributed by atoms with van der Waals surface area (Å²) in [5.41, 5.74) is 2.44. The van der Waals surface area contributed by atoms with Gasteiger partial charge in [-0.05, 0) is 43.2 Å². The Hall–Kier alpha value is -2.89. The molecule has 0 saturated heterocycles. The molecule has 1 atom stereocenters. The van der Waals surface area contributed by atoms with Crippen molar-refractivity contribution in [2.45, 2.75) is 26.4 Å². The summed E-state index contributed by atoms with van der Waals surface area (Å²) in [7, 11) is 3.15. The van der Waals surface area contributed by atoms with Crippen molar-refractivity contribution < 1.29 is 19.0 Å². The van der Waals surface area contributed by atoms with Gasteiger partial charge in [0.15, 0.2) is 0 Å². The van der Waals surface area contributed by atoms with E-state index in [0.717, 1.165) is 23.4 Å². The number of nitrogens with zero attached hydrogens (tertiary/aromatic N) is 1. The van der Waals surface area contributed by atoms with Crippen LogP contribution in [-0.2, 0) is 0 Å². The van der Waals surface area contributed by atoms with Gasteiger partial charge in [0.1, 0.15) is 23.4 Å². The lowest BCUT2D eigenvalue weighted by atomic mass is 10.1.